The van der Waals surface area contributed by atoms with Gasteiger partial charge in [0.25, 0.3) is 6.08 Å². The average molecular weight is 350 g/mol. The van der Waals surface area contributed by atoms with Gasteiger partial charge in [-0.05, 0) is 49.1 Å². The van der Waals surface area contributed by atoms with E-state index in [1.54, 1.807) is 12.1 Å². The second kappa shape index (κ2) is 11.4. The lowest BCUT2D eigenvalue weighted by Gasteiger charge is -2.29. The fourth-order valence-electron chi connectivity index (χ4n) is 3.69. The first kappa shape index (κ1) is 20.1. The zero-order chi connectivity index (χ0) is 17.9. The predicted molar refractivity (Wildman–Crippen MR) is 101 cm³/mol. The van der Waals surface area contributed by atoms with E-state index in [9.17, 15) is 8.78 Å². The van der Waals surface area contributed by atoms with Crippen LogP contribution >= 0.6 is 0 Å². The molecule has 0 N–H and O–H groups in total. The molecule has 140 valence electrons. The molecule has 1 aromatic rings. The van der Waals surface area contributed by atoms with Crippen molar-refractivity contribution in [3.63, 3.8) is 0 Å². The van der Waals surface area contributed by atoms with Crippen LogP contribution < -0.4 is 0 Å². The van der Waals surface area contributed by atoms with E-state index >= 15 is 0 Å². The summed E-state index contributed by atoms with van der Waals surface area (Å²) in [7, 11) is 0. The van der Waals surface area contributed by atoms with Gasteiger partial charge >= 0.3 is 0 Å². The molecule has 1 nitrogen and oxygen atoms in total. The van der Waals surface area contributed by atoms with Gasteiger partial charge in [0.2, 0.25) is 0 Å². The van der Waals surface area contributed by atoms with Gasteiger partial charge < -0.3 is 4.74 Å². The summed E-state index contributed by atoms with van der Waals surface area (Å²) in [6.07, 6.45) is 12.0. The van der Waals surface area contributed by atoms with E-state index in [2.05, 4.69) is 6.92 Å². The average Bonchev–Trinajstić information content (AvgIpc) is 2.62. The Balaban J connectivity index is 1.63. The predicted octanol–water partition coefficient (Wildman–Crippen LogP) is 7.33. The van der Waals surface area contributed by atoms with Crippen molar-refractivity contribution in [2.45, 2.75) is 83.2 Å². The van der Waals surface area contributed by atoms with Gasteiger partial charge in [0, 0.05) is 12.7 Å². The fraction of sp³-hybridized carbons (Fsp3) is 0.636. The second-order valence-corrected chi connectivity index (χ2v) is 7.21. The van der Waals surface area contributed by atoms with E-state index in [1.165, 1.54) is 44.1 Å². The first-order valence-corrected chi connectivity index (χ1v) is 9.93. The van der Waals surface area contributed by atoms with E-state index in [4.69, 9.17) is 4.74 Å². The summed E-state index contributed by atoms with van der Waals surface area (Å²) in [6, 6.07) is 7.57. The highest BCUT2D eigenvalue weighted by Gasteiger charge is 2.22. The molecule has 0 unspecified atom stereocenters. The highest BCUT2D eigenvalue weighted by atomic mass is 19.3. The lowest BCUT2D eigenvalue weighted by atomic mass is 9.82. The van der Waals surface area contributed by atoms with Crippen LogP contribution in [0.1, 0.15) is 88.2 Å². The largest absolute Gasteiger partial charge is 0.378 e. The van der Waals surface area contributed by atoms with Crippen LogP contribution in [0.15, 0.2) is 30.3 Å². The Morgan fingerprint density at radius 1 is 0.960 bits per heavy atom. The van der Waals surface area contributed by atoms with Crippen molar-refractivity contribution >= 4 is 6.08 Å². The van der Waals surface area contributed by atoms with Crippen molar-refractivity contribution in [2.24, 2.45) is 0 Å². The van der Waals surface area contributed by atoms with Gasteiger partial charge in [-0.1, -0.05) is 63.3 Å². The van der Waals surface area contributed by atoms with Crippen LogP contribution in [0, 0.1) is 0 Å². The molecule has 0 aliphatic heterocycles. The van der Waals surface area contributed by atoms with Gasteiger partial charge in [-0.25, -0.2) is 0 Å². The summed E-state index contributed by atoms with van der Waals surface area (Å²) in [5, 5.41) is 0. The van der Waals surface area contributed by atoms with Crippen LogP contribution in [-0.2, 0) is 4.74 Å². The molecule has 0 atom stereocenters. The molecule has 3 heteroatoms. The molecule has 1 saturated carbocycles. The van der Waals surface area contributed by atoms with E-state index < -0.39 is 6.08 Å². The summed E-state index contributed by atoms with van der Waals surface area (Å²) in [6.45, 7) is 3.14. The molecule has 1 aliphatic rings. The Labute approximate surface area is 151 Å². The normalized spacial score (nSPS) is 20.4. The zero-order valence-electron chi connectivity index (χ0n) is 15.5. The molecule has 0 saturated heterocycles. The maximum Gasteiger partial charge on any atom is 0.270 e. The van der Waals surface area contributed by atoms with Gasteiger partial charge in [-0.15, -0.1) is 0 Å². The van der Waals surface area contributed by atoms with Crippen LogP contribution in [0.3, 0.4) is 0 Å². The molecular weight excluding hydrogens is 318 g/mol. The third-order valence-electron chi connectivity index (χ3n) is 5.21. The maximum absolute atomic E-state index is 12.3. The fourth-order valence-corrected chi connectivity index (χ4v) is 3.69. The quantitative estimate of drug-likeness (QED) is 0.401. The minimum Gasteiger partial charge on any atom is -0.378 e. The second-order valence-electron chi connectivity index (χ2n) is 7.21. The molecule has 0 aromatic heterocycles. The van der Waals surface area contributed by atoms with Crippen molar-refractivity contribution in [1.29, 1.82) is 0 Å². The molecule has 25 heavy (non-hydrogen) atoms. The standard InChI is InChI=1S/C22H32F2O/c1-2-3-4-5-6-7-16-25-21-14-12-20(13-15-21)19-10-8-18(9-11-19)17-22(23)24/h8-11,17,20-21H,2-7,12-16H2,1H3/t20-,21-. The van der Waals surface area contributed by atoms with E-state index in [-0.39, 0.29) is 0 Å². The molecule has 0 radical (unpaired) electrons. The van der Waals surface area contributed by atoms with Crippen molar-refractivity contribution in [3.05, 3.63) is 41.5 Å². The topological polar surface area (TPSA) is 9.23 Å². The summed E-state index contributed by atoms with van der Waals surface area (Å²) >= 11 is 0. The first-order valence-electron chi connectivity index (χ1n) is 9.93. The highest BCUT2D eigenvalue weighted by molar-refractivity contribution is 5.50. The van der Waals surface area contributed by atoms with Crippen molar-refractivity contribution in [2.75, 3.05) is 6.61 Å². The van der Waals surface area contributed by atoms with Crippen LogP contribution in [0.2, 0.25) is 0 Å². The number of rotatable bonds is 10. The molecule has 0 heterocycles. The van der Waals surface area contributed by atoms with Gasteiger partial charge in [0.15, 0.2) is 0 Å². The molecule has 1 fully saturated rings. The van der Waals surface area contributed by atoms with E-state index in [0.717, 1.165) is 38.4 Å². The minimum absolute atomic E-state index is 0.412. The lowest BCUT2D eigenvalue weighted by molar-refractivity contribution is 0.0226. The van der Waals surface area contributed by atoms with Gasteiger partial charge in [-0.2, -0.15) is 8.78 Å². The summed E-state index contributed by atoms with van der Waals surface area (Å²) < 4.78 is 30.6. The molecule has 0 amide bonds. The van der Waals surface area contributed by atoms with E-state index in [0.29, 0.717) is 17.6 Å². The third-order valence-corrected chi connectivity index (χ3v) is 5.21. The van der Waals surface area contributed by atoms with Crippen LogP contribution in [0.25, 0.3) is 6.08 Å². The molecule has 2 rings (SSSR count). The van der Waals surface area contributed by atoms with Crippen molar-refractivity contribution < 1.29 is 13.5 Å². The number of unbranched alkanes of at least 4 members (excludes halogenated alkanes) is 5. The van der Waals surface area contributed by atoms with Crippen LogP contribution in [0.5, 0.6) is 0 Å². The number of ether oxygens (including phenoxy) is 1. The van der Waals surface area contributed by atoms with E-state index in [1.807, 2.05) is 12.1 Å². The number of hydrogen-bond donors (Lipinski definition) is 0. The highest BCUT2D eigenvalue weighted by Crippen LogP contribution is 2.34. The number of halogens is 2. The number of hydrogen-bond acceptors (Lipinski definition) is 1. The molecule has 0 spiro atoms. The lowest BCUT2D eigenvalue weighted by Crippen LogP contribution is -2.21. The number of benzene rings is 1. The van der Waals surface area contributed by atoms with Crippen molar-refractivity contribution in [3.8, 4) is 0 Å². The summed E-state index contributed by atoms with van der Waals surface area (Å²) in [5.74, 6) is 0.544. The Morgan fingerprint density at radius 2 is 1.60 bits per heavy atom. The van der Waals surface area contributed by atoms with Crippen LogP contribution in [-0.4, -0.2) is 12.7 Å². The Morgan fingerprint density at radius 3 is 2.24 bits per heavy atom. The maximum atomic E-state index is 12.3. The third kappa shape index (κ3) is 7.68. The molecule has 0 bridgehead atoms. The molecule has 1 aromatic carbocycles. The van der Waals surface area contributed by atoms with Gasteiger partial charge in [-0.3, -0.25) is 0 Å². The zero-order valence-corrected chi connectivity index (χ0v) is 15.5. The Kier molecular flexibility index (Phi) is 9.17. The SMILES string of the molecule is CCCCCCCCO[C@H]1CC[C@H](c2ccc(C=C(F)F)cc2)CC1. The van der Waals surface area contributed by atoms with Gasteiger partial charge in [0.05, 0.1) is 6.10 Å². The smallest absolute Gasteiger partial charge is 0.270 e. The molecular formula is C22H32F2O. The summed E-state index contributed by atoms with van der Waals surface area (Å²) in [4.78, 5) is 0. The first-order chi connectivity index (χ1) is 12.2. The Hall–Kier alpha value is -1.22. The van der Waals surface area contributed by atoms with Crippen LogP contribution in [0.4, 0.5) is 8.78 Å². The van der Waals surface area contributed by atoms with Crippen molar-refractivity contribution in [1.82, 2.24) is 0 Å². The minimum atomic E-state index is -1.64. The van der Waals surface area contributed by atoms with Gasteiger partial charge in [0.1, 0.15) is 0 Å². The summed E-state index contributed by atoms with van der Waals surface area (Å²) in [5.41, 5.74) is 1.84. The monoisotopic (exact) mass is 350 g/mol. The Bertz CT molecular complexity index is 497. The molecule has 1 aliphatic carbocycles.